The number of benzene rings is 11. The highest BCUT2D eigenvalue weighted by atomic mass is 15.0. The molecule has 2 aliphatic rings. The molecule has 0 saturated carbocycles. The molecule has 0 fully saturated rings. The molecule has 0 N–H and O–H groups in total. The van der Waals surface area contributed by atoms with Gasteiger partial charge in [-0.2, -0.15) is 0 Å². The van der Waals surface area contributed by atoms with E-state index in [-0.39, 0.29) is 13.4 Å². The molecule has 12 aromatic rings. The minimum atomic E-state index is -0.0828. The Morgan fingerprint density at radius 3 is 0.826 bits per heavy atom. The first kappa shape index (κ1) is 39.5. The zero-order valence-corrected chi connectivity index (χ0v) is 37.9. The predicted octanol–water partition coefficient (Wildman–Crippen LogP) is 12.4. The summed E-state index contributed by atoms with van der Waals surface area (Å²) < 4.78 is 2.67. The fourth-order valence-corrected chi connectivity index (χ4v) is 12.1. The molecule has 0 spiro atoms. The average Bonchev–Trinajstić information content (AvgIpc) is 3.78. The van der Waals surface area contributed by atoms with Crippen molar-refractivity contribution >= 4 is 68.0 Å². The lowest BCUT2D eigenvalue weighted by Gasteiger charge is -2.36. The van der Waals surface area contributed by atoms with Crippen LogP contribution in [0.2, 0.25) is 0 Å². The zero-order chi connectivity index (χ0) is 45.4. The molecular weight excluding hydrogens is 828 g/mol. The predicted molar refractivity (Wildman–Crippen MR) is 296 cm³/mol. The second-order valence-corrected chi connectivity index (χ2v) is 18.6. The molecule has 1 nitrogen and oxygen atoms in total. The number of para-hydroxylation sites is 3. The van der Waals surface area contributed by atoms with Crippen molar-refractivity contribution in [3.8, 4) is 72.4 Å². The Balaban J connectivity index is 1.13. The fraction of sp³-hybridized carbons (Fsp3) is 0. The maximum Gasteiger partial charge on any atom is 0.248 e. The van der Waals surface area contributed by atoms with Crippen LogP contribution >= 0.6 is 0 Å². The number of rotatable bonds is 8. The molecule has 0 radical (unpaired) electrons. The van der Waals surface area contributed by atoms with Gasteiger partial charge in [0.25, 0.3) is 0 Å². The van der Waals surface area contributed by atoms with Gasteiger partial charge in [0.15, 0.2) is 0 Å². The number of hydrogen-bond donors (Lipinski definition) is 0. The van der Waals surface area contributed by atoms with E-state index < -0.39 is 0 Å². The summed E-state index contributed by atoms with van der Waals surface area (Å²) in [6.07, 6.45) is 0. The van der Waals surface area contributed by atoms with Crippen LogP contribution in [0.4, 0.5) is 0 Å². The van der Waals surface area contributed by atoms with Crippen LogP contribution in [0, 0.1) is 0 Å². The van der Waals surface area contributed by atoms with Crippen LogP contribution < -0.4 is 32.8 Å². The third kappa shape index (κ3) is 6.21. The van der Waals surface area contributed by atoms with E-state index in [1.165, 1.54) is 127 Å². The molecular formula is C66H43B2N. The van der Waals surface area contributed by atoms with E-state index in [9.17, 15) is 0 Å². The topological polar surface area (TPSA) is 4.93 Å². The maximum atomic E-state index is 2.67. The van der Waals surface area contributed by atoms with E-state index >= 15 is 0 Å². The summed E-state index contributed by atoms with van der Waals surface area (Å²) in [5.74, 6) is 0. The molecule has 11 aromatic carbocycles. The normalized spacial score (nSPS) is 12.3. The highest BCUT2D eigenvalue weighted by Crippen LogP contribution is 2.39. The Morgan fingerprint density at radius 2 is 0.507 bits per heavy atom. The molecule has 3 heterocycles. The molecule has 1 aromatic heterocycles. The monoisotopic (exact) mass is 871 g/mol. The van der Waals surface area contributed by atoms with Crippen molar-refractivity contribution in [3.05, 3.63) is 261 Å². The summed E-state index contributed by atoms with van der Waals surface area (Å²) >= 11 is 0. The Labute approximate surface area is 403 Å². The lowest BCUT2D eigenvalue weighted by atomic mass is 9.30. The lowest BCUT2D eigenvalue weighted by Crippen LogP contribution is -2.63. The molecule has 0 atom stereocenters. The van der Waals surface area contributed by atoms with Crippen molar-refractivity contribution in [1.82, 2.24) is 4.57 Å². The first-order valence-corrected chi connectivity index (χ1v) is 24.2. The molecule has 2 aliphatic heterocycles. The Morgan fingerprint density at radius 1 is 0.232 bits per heavy atom. The molecule has 69 heavy (non-hydrogen) atoms. The quantitative estimate of drug-likeness (QED) is 0.134. The second-order valence-electron chi connectivity index (χ2n) is 18.6. The van der Waals surface area contributed by atoms with Crippen LogP contribution in [0.15, 0.2) is 261 Å². The van der Waals surface area contributed by atoms with E-state index in [0.717, 1.165) is 0 Å². The highest BCUT2D eigenvalue weighted by molar-refractivity contribution is 7.03. The van der Waals surface area contributed by atoms with E-state index in [0.29, 0.717) is 0 Å². The molecule has 318 valence electrons. The van der Waals surface area contributed by atoms with Crippen molar-refractivity contribution < 1.29 is 0 Å². The van der Waals surface area contributed by atoms with Crippen LogP contribution in [0.5, 0.6) is 0 Å². The van der Waals surface area contributed by atoms with Gasteiger partial charge in [-0.15, -0.1) is 0 Å². The van der Waals surface area contributed by atoms with Crippen molar-refractivity contribution in [2.45, 2.75) is 0 Å². The molecule has 0 aliphatic carbocycles. The minimum absolute atomic E-state index is 0.0828. The zero-order valence-electron chi connectivity index (χ0n) is 37.9. The van der Waals surface area contributed by atoms with E-state index in [4.69, 9.17) is 0 Å². The van der Waals surface area contributed by atoms with Crippen molar-refractivity contribution in [3.63, 3.8) is 0 Å². The van der Waals surface area contributed by atoms with Gasteiger partial charge in [-0.1, -0.05) is 248 Å². The van der Waals surface area contributed by atoms with Gasteiger partial charge >= 0.3 is 0 Å². The molecule has 0 saturated heterocycles. The van der Waals surface area contributed by atoms with Crippen LogP contribution in [0.25, 0.3) is 94.3 Å². The van der Waals surface area contributed by atoms with E-state index in [2.05, 4.69) is 265 Å². The Kier molecular flexibility index (Phi) is 9.17. The van der Waals surface area contributed by atoms with Gasteiger partial charge in [-0.3, -0.25) is 0 Å². The second kappa shape index (κ2) is 16.0. The summed E-state index contributed by atoms with van der Waals surface area (Å²) in [5.41, 5.74) is 26.6. The standard InChI is InChI=1S/C66H43B2N/c1-7-22-44(23-8-1)50-40-54(46-26-11-3-12-27-46)62(55(41-50)47-28-13-4-14-29-47)67-58-36-19-34-52-53-35-20-37-59-65(53)69(64(52)58)66-60(67)38-21-39-61(66)68(59)63-56(48-30-15-5-16-31-48)42-51(45-24-9-2-10-25-45)43-57(63)49-32-17-6-18-33-49/h1-43H. The summed E-state index contributed by atoms with van der Waals surface area (Å²) in [7, 11) is 0. The summed E-state index contributed by atoms with van der Waals surface area (Å²) in [6.45, 7) is -0.166. The smallest absolute Gasteiger partial charge is 0.248 e. The van der Waals surface area contributed by atoms with E-state index in [1.54, 1.807) is 0 Å². The summed E-state index contributed by atoms with van der Waals surface area (Å²) in [5, 5.41) is 2.59. The van der Waals surface area contributed by atoms with Crippen molar-refractivity contribution in [1.29, 1.82) is 0 Å². The molecule has 14 rings (SSSR count). The van der Waals surface area contributed by atoms with Crippen LogP contribution in [-0.4, -0.2) is 18.0 Å². The SMILES string of the molecule is c1ccc(-c2cc(-c3ccccc3)c(B3c4cccc5c4-n4c6c3cccc6c3cccc(c34)B5c3c(-c4ccccc4)cc(-c4ccccc4)cc3-c3ccccc3)c(-c3ccccc3)c2)cc1. The number of fused-ring (bicyclic) bond motifs is 1. The molecule has 0 unspecified atom stereocenters. The summed E-state index contributed by atoms with van der Waals surface area (Å²) in [6, 6.07) is 97.3. The van der Waals surface area contributed by atoms with Crippen molar-refractivity contribution in [2.24, 2.45) is 0 Å². The van der Waals surface area contributed by atoms with Gasteiger partial charge in [-0.05, 0) is 113 Å². The van der Waals surface area contributed by atoms with E-state index in [1.807, 2.05) is 0 Å². The van der Waals surface area contributed by atoms with Gasteiger partial charge in [0.1, 0.15) is 0 Å². The van der Waals surface area contributed by atoms with Crippen LogP contribution in [0.3, 0.4) is 0 Å². The third-order valence-corrected chi connectivity index (χ3v) is 14.9. The third-order valence-electron chi connectivity index (χ3n) is 14.9. The molecule has 3 heteroatoms. The first-order valence-electron chi connectivity index (χ1n) is 24.2. The molecule has 0 amide bonds. The largest absolute Gasteiger partial charge is 0.311 e. The Bertz CT molecular complexity index is 3550. The number of aromatic nitrogens is 1. The van der Waals surface area contributed by atoms with Crippen LogP contribution in [-0.2, 0) is 0 Å². The summed E-state index contributed by atoms with van der Waals surface area (Å²) in [4.78, 5) is 0. The van der Waals surface area contributed by atoms with Gasteiger partial charge in [0.05, 0.1) is 0 Å². The van der Waals surface area contributed by atoms with Gasteiger partial charge in [0.2, 0.25) is 13.4 Å². The number of nitrogens with zero attached hydrogens (tertiary/aromatic N) is 1. The molecule has 0 bridgehead atoms. The van der Waals surface area contributed by atoms with Crippen molar-refractivity contribution in [2.75, 3.05) is 0 Å². The number of hydrogen-bond acceptors (Lipinski definition) is 0. The lowest BCUT2D eigenvalue weighted by molar-refractivity contribution is 1.20. The van der Waals surface area contributed by atoms with Gasteiger partial charge in [0, 0.05) is 27.5 Å². The Hall–Kier alpha value is -8.65. The highest BCUT2D eigenvalue weighted by Gasteiger charge is 2.44. The first-order chi connectivity index (χ1) is 34.3. The maximum absolute atomic E-state index is 2.67. The average molecular weight is 872 g/mol. The van der Waals surface area contributed by atoms with Crippen LogP contribution in [0.1, 0.15) is 0 Å². The fourth-order valence-electron chi connectivity index (χ4n) is 12.1. The van der Waals surface area contributed by atoms with Gasteiger partial charge < -0.3 is 4.57 Å². The minimum Gasteiger partial charge on any atom is -0.311 e. The van der Waals surface area contributed by atoms with Gasteiger partial charge in [-0.25, -0.2) is 0 Å².